The minimum atomic E-state index is -3.80. The first-order valence-corrected chi connectivity index (χ1v) is 11.0. The zero-order valence-corrected chi connectivity index (χ0v) is 17.1. The van der Waals surface area contributed by atoms with E-state index in [2.05, 4.69) is 20.0 Å². The number of ether oxygens (including phenoxy) is 1. The molecule has 0 amide bonds. The van der Waals surface area contributed by atoms with E-state index in [1.807, 2.05) is 6.07 Å². The van der Waals surface area contributed by atoms with Crippen LogP contribution in [0, 0.1) is 10.1 Å². The van der Waals surface area contributed by atoms with Gasteiger partial charge >= 0.3 is 0 Å². The highest BCUT2D eigenvalue weighted by Crippen LogP contribution is 2.25. The van der Waals surface area contributed by atoms with Crippen LogP contribution < -0.4 is 9.80 Å². The molecule has 0 N–H and O–H groups in total. The van der Waals surface area contributed by atoms with Gasteiger partial charge in [-0.25, -0.2) is 8.42 Å². The monoisotopic (exact) mass is 434 g/mol. The van der Waals surface area contributed by atoms with E-state index in [1.54, 1.807) is 6.20 Å². The molecule has 0 unspecified atom stereocenters. The first-order valence-electron chi connectivity index (χ1n) is 9.60. The van der Waals surface area contributed by atoms with E-state index in [9.17, 15) is 18.5 Å². The normalized spacial score (nSPS) is 18.4. The summed E-state index contributed by atoms with van der Waals surface area (Å²) in [7, 11) is -3.80. The van der Waals surface area contributed by atoms with Crippen molar-refractivity contribution >= 4 is 27.2 Å². The lowest BCUT2D eigenvalue weighted by Gasteiger charge is -2.35. The van der Waals surface area contributed by atoms with Crippen LogP contribution in [0.2, 0.25) is 0 Å². The van der Waals surface area contributed by atoms with Crippen LogP contribution in [0.1, 0.15) is 0 Å². The number of hydrogen-bond acceptors (Lipinski definition) is 9. The Morgan fingerprint density at radius 1 is 1.00 bits per heavy atom. The Balaban J connectivity index is 1.45. The van der Waals surface area contributed by atoms with E-state index in [0.29, 0.717) is 26.3 Å². The average molecular weight is 434 g/mol. The van der Waals surface area contributed by atoms with Gasteiger partial charge in [0.2, 0.25) is 10.0 Å². The van der Waals surface area contributed by atoms with E-state index in [0.717, 1.165) is 30.7 Å². The average Bonchev–Trinajstić information content (AvgIpc) is 2.80. The molecule has 2 aliphatic rings. The van der Waals surface area contributed by atoms with Gasteiger partial charge in [0.1, 0.15) is 0 Å². The number of morpholine rings is 1. The van der Waals surface area contributed by atoms with Gasteiger partial charge in [-0.15, -0.1) is 5.10 Å². The third kappa shape index (κ3) is 4.20. The SMILES string of the molecule is O=[N+]([O-])c1cccc(S(=O)(=O)N2CCN(c3cnnc(N4CCOCC4)c3)CC2)c1. The Hall–Kier alpha value is -2.83. The number of nitro benzene ring substituents is 1. The van der Waals surface area contributed by atoms with Crippen LogP contribution in [-0.2, 0) is 14.8 Å². The third-order valence-electron chi connectivity index (χ3n) is 5.23. The number of benzene rings is 1. The molecule has 3 heterocycles. The van der Waals surface area contributed by atoms with Crippen LogP contribution in [0.5, 0.6) is 0 Å². The molecule has 1 aromatic carbocycles. The lowest BCUT2D eigenvalue weighted by atomic mass is 10.3. The fourth-order valence-corrected chi connectivity index (χ4v) is 5.02. The van der Waals surface area contributed by atoms with Crippen molar-refractivity contribution in [3.05, 3.63) is 46.6 Å². The predicted molar refractivity (Wildman–Crippen MR) is 109 cm³/mol. The minimum absolute atomic E-state index is 0.0645. The fourth-order valence-electron chi connectivity index (χ4n) is 3.56. The molecule has 0 aliphatic carbocycles. The predicted octanol–water partition coefficient (Wildman–Crippen LogP) is 0.732. The molecule has 0 saturated carbocycles. The second kappa shape index (κ2) is 8.50. The van der Waals surface area contributed by atoms with Crippen LogP contribution in [0.3, 0.4) is 0 Å². The smallest absolute Gasteiger partial charge is 0.270 e. The summed E-state index contributed by atoms with van der Waals surface area (Å²) < 4.78 is 32.5. The molecule has 0 atom stereocenters. The van der Waals surface area contributed by atoms with E-state index >= 15 is 0 Å². The summed E-state index contributed by atoms with van der Waals surface area (Å²) in [6.07, 6.45) is 1.68. The molecule has 11 nitrogen and oxygen atoms in total. The second-order valence-corrected chi connectivity index (χ2v) is 8.95. The van der Waals surface area contributed by atoms with Crippen molar-refractivity contribution < 1.29 is 18.1 Å². The summed E-state index contributed by atoms with van der Waals surface area (Å²) >= 11 is 0. The maximum absolute atomic E-state index is 12.9. The van der Waals surface area contributed by atoms with Crippen molar-refractivity contribution in [1.82, 2.24) is 14.5 Å². The van der Waals surface area contributed by atoms with Gasteiger partial charge in [-0.2, -0.15) is 9.40 Å². The molecule has 0 bridgehead atoms. The number of rotatable bonds is 5. The Morgan fingerprint density at radius 2 is 1.73 bits per heavy atom. The molecule has 12 heteroatoms. The first-order chi connectivity index (χ1) is 14.4. The Labute approximate surface area is 174 Å². The Morgan fingerprint density at radius 3 is 2.43 bits per heavy atom. The quantitative estimate of drug-likeness (QED) is 0.495. The summed E-state index contributed by atoms with van der Waals surface area (Å²) in [4.78, 5) is 14.5. The van der Waals surface area contributed by atoms with E-state index in [1.165, 1.54) is 22.5 Å². The topological polar surface area (TPSA) is 122 Å². The second-order valence-electron chi connectivity index (χ2n) is 7.02. The molecule has 2 saturated heterocycles. The zero-order chi connectivity index (χ0) is 21.1. The van der Waals surface area contributed by atoms with Gasteiger partial charge in [-0.3, -0.25) is 10.1 Å². The summed E-state index contributed by atoms with van der Waals surface area (Å²) in [6, 6.07) is 7.11. The molecule has 0 radical (unpaired) electrons. The zero-order valence-electron chi connectivity index (χ0n) is 16.3. The molecule has 2 aromatic rings. The van der Waals surface area contributed by atoms with Gasteiger partial charge < -0.3 is 14.5 Å². The molecule has 2 fully saturated rings. The maximum atomic E-state index is 12.9. The number of nitrogens with zero attached hydrogens (tertiary/aromatic N) is 6. The van der Waals surface area contributed by atoms with Crippen LogP contribution in [0.15, 0.2) is 41.4 Å². The molecule has 30 heavy (non-hydrogen) atoms. The summed E-state index contributed by atoms with van der Waals surface area (Å²) in [5, 5.41) is 19.3. The van der Waals surface area contributed by atoms with Crippen LogP contribution in [-0.4, -0.2) is 80.3 Å². The fraction of sp³-hybridized carbons (Fsp3) is 0.444. The largest absolute Gasteiger partial charge is 0.378 e. The number of anilines is 2. The van der Waals surface area contributed by atoms with E-state index < -0.39 is 14.9 Å². The van der Waals surface area contributed by atoms with Crippen molar-refractivity contribution in [3.8, 4) is 0 Å². The Kier molecular flexibility index (Phi) is 5.79. The van der Waals surface area contributed by atoms with Crippen molar-refractivity contribution in [2.75, 3.05) is 62.3 Å². The van der Waals surface area contributed by atoms with Gasteiger partial charge in [0.25, 0.3) is 5.69 Å². The van der Waals surface area contributed by atoms with Crippen molar-refractivity contribution in [2.24, 2.45) is 0 Å². The maximum Gasteiger partial charge on any atom is 0.270 e. The highest BCUT2D eigenvalue weighted by molar-refractivity contribution is 7.89. The summed E-state index contributed by atoms with van der Waals surface area (Å²) in [5.41, 5.74) is 0.645. The lowest BCUT2D eigenvalue weighted by Crippen LogP contribution is -2.48. The van der Waals surface area contributed by atoms with Gasteiger partial charge in [0.15, 0.2) is 5.82 Å². The van der Waals surface area contributed by atoms with Gasteiger partial charge in [0.05, 0.1) is 34.9 Å². The van der Waals surface area contributed by atoms with Crippen LogP contribution >= 0.6 is 0 Å². The number of non-ortho nitro benzene ring substituents is 1. The lowest BCUT2D eigenvalue weighted by molar-refractivity contribution is -0.385. The van der Waals surface area contributed by atoms with Gasteiger partial charge in [0, 0.05) is 57.5 Å². The molecular formula is C18H22N6O5S. The number of aromatic nitrogens is 2. The highest BCUT2D eigenvalue weighted by Gasteiger charge is 2.30. The Bertz CT molecular complexity index is 1020. The third-order valence-corrected chi connectivity index (χ3v) is 7.13. The molecule has 0 spiro atoms. The molecular weight excluding hydrogens is 412 g/mol. The van der Waals surface area contributed by atoms with Gasteiger partial charge in [-0.1, -0.05) is 6.07 Å². The van der Waals surface area contributed by atoms with Crippen molar-refractivity contribution in [1.29, 1.82) is 0 Å². The number of nitro groups is 1. The molecule has 160 valence electrons. The summed E-state index contributed by atoms with van der Waals surface area (Å²) in [6.45, 7) is 4.35. The number of sulfonamides is 1. The minimum Gasteiger partial charge on any atom is -0.378 e. The number of piperazine rings is 1. The highest BCUT2D eigenvalue weighted by atomic mass is 32.2. The molecule has 2 aliphatic heterocycles. The number of hydrogen-bond donors (Lipinski definition) is 0. The summed E-state index contributed by atoms with van der Waals surface area (Å²) in [5.74, 6) is 0.780. The van der Waals surface area contributed by atoms with E-state index in [4.69, 9.17) is 4.74 Å². The molecule has 4 rings (SSSR count). The van der Waals surface area contributed by atoms with Crippen LogP contribution in [0.25, 0.3) is 0 Å². The van der Waals surface area contributed by atoms with Crippen molar-refractivity contribution in [2.45, 2.75) is 4.90 Å². The van der Waals surface area contributed by atoms with Gasteiger partial charge in [-0.05, 0) is 6.07 Å². The molecule has 1 aromatic heterocycles. The van der Waals surface area contributed by atoms with E-state index in [-0.39, 0.29) is 23.7 Å². The van der Waals surface area contributed by atoms with Crippen molar-refractivity contribution in [3.63, 3.8) is 0 Å². The van der Waals surface area contributed by atoms with Crippen LogP contribution in [0.4, 0.5) is 17.2 Å². The first kappa shape index (κ1) is 20.4. The standard InChI is InChI=1S/C18H22N6O5S/c25-24(26)15-2-1-3-17(12-15)30(27,28)23-6-4-21(5-7-23)16-13-18(20-19-14-16)22-8-10-29-11-9-22/h1-3,12-14H,4-11H2.